The first-order chi connectivity index (χ1) is 14.7. The van der Waals surface area contributed by atoms with Gasteiger partial charge in [0.05, 0.1) is 7.11 Å². The summed E-state index contributed by atoms with van der Waals surface area (Å²) in [6.07, 6.45) is 7.28. The molecule has 30 heavy (non-hydrogen) atoms. The fourth-order valence-electron chi connectivity index (χ4n) is 4.58. The number of hydrogen-bond acceptors (Lipinski definition) is 5. The molecule has 1 aromatic carbocycles. The second-order valence-electron chi connectivity index (χ2n) is 8.31. The van der Waals surface area contributed by atoms with Crippen molar-refractivity contribution in [3.63, 3.8) is 0 Å². The van der Waals surface area contributed by atoms with Gasteiger partial charge in [0.25, 0.3) is 5.91 Å². The van der Waals surface area contributed by atoms with Crippen molar-refractivity contribution in [2.45, 2.75) is 44.7 Å². The van der Waals surface area contributed by atoms with Crippen molar-refractivity contribution in [2.75, 3.05) is 26.8 Å². The molecular weight excluding hydrogens is 378 g/mol. The molecule has 0 bridgehead atoms. The molecule has 2 aliphatic rings. The molecule has 2 aliphatic heterocycles. The zero-order chi connectivity index (χ0) is 20.8. The van der Waals surface area contributed by atoms with E-state index < -0.39 is 0 Å². The SMILES string of the molecule is COc1ccc(CN2CC[C@H]3NC(=O)COc4ccccc4CCCC[C@H]3C2)cn1. The van der Waals surface area contributed by atoms with Crippen molar-refractivity contribution in [1.29, 1.82) is 0 Å². The molecule has 2 aromatic rings. The number of piperidine rings is 1. The highest BCUT2D eigenvalue weighted by Crippen LogP contribution is 2.26. The number of fused-ring (bicyclic) bond motifs is 2. The molecule has 0 radical (unpaired) electrons. The molecule has 6 nitrogen and oxygen atoms in total. The molecule has 1 saturated heterocycles. The van der Waals surface area contributed by atoms with E-state index in [1.165, 1.54) is 11.1 Å². The molecule has 1 N–H and O–H groups in total. The Morgan fingerprint density at radius 3 is 2.93 bits per heavy atom. The van der Waals surface area contributed by atoms with Crippen LogP contribution in [0.2, 0.25) is 0 Å². The van der Waals surface area contributed by atoms with Gasteiger partial charge in [0.15, 0.2) is 6.61 Å². The number of amides is 1. The van der Waals surface area contributed by atoms with Gasteiger partial charge in [-0.05, 0) is 48.8 Å². The van der Waals surface area contributed by atoms with Gasteiger partial charge < -0.3 is 14.8 Å². The highest BCUT2D eigenvalue weighted by atomic mass is 16.5. The minimum atomic E-state index is -0.0202. The lowest BCUT2D eigenvalue weighted by Crippen LogP contribution is -2.51. The van der Waals surface area contributed by atoms with E-state index in [-0.39, 0.29) is 18.6 Å². The monoisotopic (exact) mass is 409 g/mol. The van der Waals surface area contributed by atoms with Gasteiger partial charge in [-0.2, -0.15) is 0 Å². The summed E-state index contributed by atoms with van der Waals surface area (Å²) in [5.74, 6) is 1.92. The van der Waals surface area contributed by atoms with Gasteiger partial charge in [-0.25, -0.2) is 4.98 Å². The standard InChI is InChI=1S/C24H31N3O3/c1-29-24-11-10-18(14-25-24)15-27-13-12-21-20(16-27)8-3-2-6-19-7-4-5-9-22(19)30-17-23(28)26-21/h4-5,7,9-11,14,20-21H,2-3,6,8,12-13,15-17H2,1H3,(H,26,28)/t20-,21+/m0/s1. The molecule has 6 heteroatoms. The van der Waals surface area contributed by atoms with Gasteiger partial charge in [-0.15, -0.1) is 0 Å². The lowest BCUT2D eigenvalue weighted by atomic mass is 9.87. The zero-order valence-corrected chi connectivity index (χ0v) is 17.7. The van der Waals surface area contributed by atoms with Crippen molar-refractivity contribution in [3.8, 4) is 11.6 Å². The number of carbonyl (C=O) groups is 1. The van der Waals surface area contributed by atoms with E-state index in [9.17, 15) is 4.79 Å². The normalized spacial score (nSPS) is 23.0. The number of aryl methyl sites for hydroxylation is 1. The molecule has 160 valence electrons. The van der Waals surface area contributed by atoms with Crippen molar-refractivity contribution < 1.29 is 14.3 Å². The third-order valence-electron chi connectivity index (χ3n) is 6.18. The van der Waals surface area contributed by atoms with Crippen LogP contribution in [0.15, 0.2) is 42.6 Å². The molecule has 0 spiro atoms. The second kappa shape index (κ2) is 9.94. The summed E-state index contributed by atoms with van der Waals surface area (Å²) in [5.41, 5.74) is 2.39. The Labute approximate surface area is 178 Å². The van der Waals surface area contributed by atoms with Gasteiger partial charge in [0, 0.05) is 37.9 Å². The first-order valence-corrected chi connectivity index (χ1v) is 10.9. The summed E-state index contributed by atoms with van der Waals surface area (Å²) in [6, 6.07) is 12.3. The van der Waals surface area contributed by atoms with E-state index in [0.717, 1.165) is 57.5 Å². The van der Waals surface area contributed by atoms with Crippen LogP contribution in [-0.4, -0.2) is 48.6 Å². The minimum absolute atomic E-state index is 0.0202. The topological polar surface area (TPSA) is 63.7 Å². The number of nitrogens with one attached hydrogen (secondary N) is 1. The maximum Gasteiger partial charge on any atom is 0.258 e. The fourth-order valence-corrected chi connectivity index (χ4v) is 4.58. The van der Waals surface area contributed by atoms with Crippen LogP contribution >= 0.6 is 0 Å². The maximum absolute atomic E-state index is 12.5. The molecule has 2 atom stereocenters. The fraction of sp³-hybridized carbons (Fsp3) is 0.500. The van der Waals surface area contributed by atoms with Gasteiger partial charge in [-0.3, -0.25) is 9.69 Å². The number of pyridine rings is 1. The average Bonchev–Trinajstić information content (AvgIpc) is 2.77. The van der Waals surface area contributed by atoms with Crippen LogP contribution in [0.1, 0.15) is 36.8 Å². The summed E-state index contributed by atoms with van der Waals surface area (Å²) in [5, 5.41) is 3.25. The van der Waals surface area contributed by atoms with Crippen molar-refractivity contribution in [1.82, 2.24) is 15.2 Å². The van der Waals surface area contributed by atoms with Gasteiger partial charge in [-0.1, -0.05) is 30.7 Å². The predicted octanol–water partition coefficient (Wildman–Crippen LogP) is 3.20. The summed E-state index contributed by atoms with van der Waals surface area (Å²) in [7, 11) is 1.63. The van der Waals surface area contributed by atoms with E-state index in [0.29, 0.717) is 11.8 Å². The number of nitrogens with zero attached hydrogens (tertiary/aromatic N) is 2. The summed E-state index contributed by atoms with van der Waals surface area (Å²) in [4.78, 5) is 19.3. The largest absolute Gasteiger partial charge is 0.483 e. The van der Waals surface area contributed by atoms with Crippen LogP contribution in [-0.2, 0) is 17.8 Å². The maximum atomic E-state index is 12.5. The van der Waals surface area contributed by atoms with Crippen LogP contribution < -0.4 is 14.8 Å². The Kier molecular flexibility index (Phi) is 6.84. The highest BCUT2D eigenvalue weighted by Gasteiger charge is 2.30. The third kappa shape index (κ3) is 5.30. The number of ether oxygens (including phenoxy) is 2. The van der Waals surface area contributed by atoms with Crippen LogP contribution in [0, 0.1) is 5.92 Å². The van der Waals surface area contributed by atoms with Crippen LogP contribution in [0.25, 0.3) is 0 Å². The Morgan fingerprint density at radius 1 is 1.20 bits per heavy atom. The van der Waals surface area contributed by atoms with Gasteiger partial charge >= 0.3 is 0 Å². The molecule has 1 aromatic heterocycles. The Bertz CT molecular complexity index is 840. The zero-order valence-electron chi connectivity index (χ0n) is 17.7. The van der Waals surface area contributed by atoms with E-state index in [2.05, 4.69) is 27.3 Å². The van der Waals surface area contributed by atoms with Crippen LogP contribution in [0.4, 0.5) is 0 Å². The predicted molar refractivity (Wildman–Crippen MR) is 116 cm³/mol. The number of methoxy groups -OCH3 is 1. The lowest BCUT2D eigenvalue weighted by molar-refractivity contribution is -0.124. The van der Waals surface area contributed by atoms with Crippen LogP contribution in [0.5, 0.6) is 11.6 Å². The Balaban J connectivity index is 1.39. The quantitative estimate of drug-likeness (QED) is 0.843. The number of para-hydroxylation sites is 1. The summed E-state index contributed by atoms with van der Waals surface area (Å²) < 4.78 is 11.0. The molecule has 1 fully saturated rings. The van der Waals surface area contributed by atoms with Crippen molar-refractivity contribution in [3.05, 3.63) is 53.7 Å². The van der Waals surface area contributed by atoms with Crippen molar-refractivity contribution >= 4 is 5.91 Å². The summed E-state index contributed by atoms with van der Waals surface area (Å²) >= 11 is 0. The van der Waals surface area contributed by atoms with E-state index in [1.807, 2.05) is 30.5 Å². The van der Waals surface area contributed by atoms with Crippen molar-refractivity contribution in [2.24, 2.45) is 5.92 Å². The number of rotatable bonds is 3. The Morgan fingerprint density at radius 2 is 2.10 bits per heavy atom. The first kappa shape index (κ1) is 20.7. The number of carbonyl (C=O) groups excluding carboxylic acids is 1. The molecule has 4 rings (SSSR count). The van der Waals surface area contributed by atoms with E-state index >= 15 is 0 Å². The number of benzene rings is 1. The van der Waals surface area contributed by atoms with Gasteiger partial charge in [0.2, 0.25) is 5.88 Å². The first-order valence-electron chi connectivity index (χ1n) is 10.9. The third-order valence-corrected chi connectivity index (χ3v) is 6.18. The van der Waals surface area contributed by atoms with E-state index in [1.54, 1.807) is 7.11 Å². The number of aromatic nitrogens is 1. The van der Waals surface area contributed by atoms with E-state index in [4.69, 9.17) is 9.47 Å². The minimum Gasteiger partial charge on any atom is -0.483 e. The lowest BCUT2D eigenvalue weighted by Gasteiger charge is -2.39. The number of hydrogen-bond donors (Lipinski definition) is 1. The molecule has 0 saturated carbocycles. The molecular formula is C24H31N3O3. The molecule has 1 amide bonds. The highest BCUT2D eigenvalue weighted by molar-refractivity contribution is 5.78. The summed E-state index contributed by atoms with van der Waals surface area (Å²) in [6.45, 7) is 2.93. The smallest absolute Gasteiger partial charge is 0.258 e. The molecule has 0 aliphatic carbocycles. The Hall–Kier alpha value is -2.60. The van der Waals surface area contributed by atoms with Gasteiger partial charge in [0.1, 0.15) is 5.75 Å². The average molecular weight is 410 g/mol. The van der Waals surface area contributed by atoms with Crippen LogP contribution in [0.3, 0.4) is 0 Å². The molecule has 0 unspecified atom stereocenters. The molecule has 3 heterocycles. The number of likely N-dealkylation sites (tertiary alicyclic amines) is 1. The second-order valence-corrected chi connectivity index (χ2v) is 8.31.